The van der Waals surface area contributed by atoms with Crippen molar-refractivity contribution >= 4 is 21.5 Å². The molecule has 9 heteroatoms. The van der Waals surface area contributed by atoms with Crippen LogP contribution in [0.25, 0.3) is 0 Å². The smallest absolute Gasteiger partial charge is 0.311 e. The molecular formula is C12H15NO7S. The van der Waals surface area contributed by atoms with Crippen molar-refractivity contribution in [1.82, 2.24) is 0 Å². The first-order valence-electron chi connectivity index (χ1n) is 5.92. The van der Waals surface area contributed by atoms with Gasteiger partial charge in [0, 0.05) is 6.07 Å². The van der Waals surface area contributed by atoms with Gasteiger partial charge in [-0.1, -0.05) is 6.07 Å². The van der Waals surface area contributed by atoms with Gasteiger partial charge in [-0.15, -0.1) is 0 Å². The van der Waals surface area contributed by atoms with Gasteiger partial charge in [0.15, 0.2) is 15.6 Å². The zero-order chi connectivity index (χ0) is 16.2. The Balaban J connectivity index is 3.05. The van der Waals surface area contributed by atoms with E-state index in [1.165, 1.54) is 26.2 Å². The first-order chi connectivity index (χ1) is 9.67. The van der Waals surface area contributed by atoms with Crippen LogP contribution in [0.1, 0.15) is 18.9 Å². The summed E-state index contributed by atoms with van der Waals surface area (Å²) in [6.07, 6.45) is -0.513. The van der Waals surface area contributed by atoms with Gasteiger partial charge in [0.05, 0.1) is 29.5 Å². The van der Waals surface area contributed by atoms with Gasteiger partial charge in [-0.2, -0.15) is 0 Å². The third-order valence-electron chi connectivity index (χ3n) is 2.88. The number of methoxy groups -OCH3 is 1. The second-order valence-electron chi connectivity index (χ2n) is 4.48. The van der Waals surface area contributed by atoms with Crippen LogP contribution in [-0.4, -0.2) is 36.8 Å². The molecule has 0 spiro atoms. The van der Waals surface area contributed by atoms with Gasteiger partial charge in [-0.3, -0.25) is 14.9 Å². The van der Waals surface area contributed by atoms with Crippen molar-refractivity contribution in [3.05, 3.63) is 33.9 Å². The summed E-state index contributed by atoms with van der Waals surface area (Å²) in [5.74, 6) is -1.65. The summed E-state index contributed by atoms with van der Waals surface area (Å²) in [6, 6.07) is 3.82. The molecule has 0 saturated carbocycles. The lowest BCUT2D eigenvalue weighted by Crippen LogP contribution is -2.22. The Morgan fingerprint density at radius 2 is 2.10 bits per heavy atom. The highest BCUT2D eigenvalue weighted by Crippen LogP contribution is 2.28. The Morgan fingerprint density at radius 3 is 2.57 bits per heavy atom. The number of carbonyl (C=O) groups is 1. The fourth-order valence-electron chi connectivity index (χ4n) is 1.72. The van der Waals surface area contributed by atoms with Crippen molar-refractivity contribution in [3.63, 3.8) is 0 Å². The maximum Gasteiger partial charge on any atom is 0.311 e. The van der Waals surface area contributed by atoms with Gasteiger partial charge in [-0.05, 0) is 18.6 Å². The highest BCUT2D eigenvalue weighted by Gasteiger charge is 2.25. The number of carboxylic acids is 1. The third kappa shape index (κ3) is 4.42. The van der Waals surface area contributed by atoms with E-state index in [4.69, 9.17) is 9.84 Å². The van der Waals surface area contributed by atoms with Gasteiger partial charge in [0.1, 0.15) is 0 Å². The van der Waals surface area contributed by atoms with E-state index in [0.29, 0.717) is 0 Å². The van der Waals surface area contributed by atoms with Crippen LogP contribution in [-0.2, 0) is 20.4 Å². The van der Waals surface area contributed by atoms with Crippen LogP contribution in [0.3, 0.4) is 0 Å². The molecule has 0 aliphatic heterocycles. The Labute approximate surface area is 121 Å². The van der Waals surface area contributed by atoms with E-state index >= 15 is 0 Å². The predicted octanol–water partition coefficient (Wildman–Crippen LogP) is 1.38. The fraction of sp³-hybridized carbons (Fsp3) is 0.417. The van der Waals surface area contributed by atoms with E-state index < -0.39 is 38.2 Å². The highest BCUT2D eigenvalue weighted by molar-refractivity contribution is 7.91. The molecule has 1 unspecified atom stereocenters. The summed E-state index contributed by atoms with van der Waals surface area (Å²) < 4.78 is 28.8. The number of hydrogen-bond donors (Lipinski definition) is 1. The average Bonchev–Trinajstić information content (AvgIpc) is 2.37. The van der Waals surface area contributed by atoms with Gasteiger partial charge >= 0.3 is 11.7 Å². The third-order valence-corrected chi connectivity index (χ3v) is 5.01. The van der Waals surface area contributed by atoms with Crippen LogP contribution in [0, 0.1) is 10.1 Å². The molecule has 0 heterocycles. The molecule has 1 aromatic rings. The van der Waals surface area contributed by atoms with Crippen molar-refractivity contribution in [2.45, 2.75) is 24.3 Å². The van der Waals surface area contributed by atoms with Gasteiger partial charge in [0.25, 0.3) is 0 Å². The zero-order valence-electron chi connectivity index (χ0n) is 11.5. The molecule has 1 N–H and O–H groups in total. The number of rotatable bonds is 7. The van der Waals surface area contributed by atoms with E-state index in [-0.39, 0.29) is 17.0 Å². The van der Waals surface area contributed by atoms with Gasteiger partial charge in [0.2, 0.25) is 0 Å². The lowest BCUT2D eigenvalue weighted by molar-refractivity contribution is -0.385. The summed E-state index contributed by atoms with van der Waals surface area (Å²) in [5, 5.41) is 18.4. The standard InChI is InChI=1S/C12H15NO7S/c1-8(5-12(14)15)21(18,19)7-9-3-4-11(20-2)10(6-9)13(16)17/h3-4,6,8H,5,7H2,1-2H3,(H,14,15). The van der Waals surface area contributed by atoms with Gasteiger partial charge < -0.3 is 9.84 Å². The minimum absolute atomic E-state index is 0.0275. The Bertz CT molecular complexity index is 654. The summed E-state index contributed by atoms with van der Waals surface area (Å²) in [4.78, 5) is 20.8. The number of carboxylic acid groups (broad SMARTS) is 1. The molecule has 1 rings (SSSR count). The van der Waals surface area contributed by atoms with Crippen LogP contribution >= 0.6 is 0 Å². The number of sulfone groups is 1. The quantitative estimate of drug-likeness (QED) is 0.595. The minimum Gasteiger partial charge on any atom is -0.490 e. The fourth-order valence-corrected chi connectivity index (χ4v) is 3.04. The van der Waals surface area contributed by atoms with Crippen molar-refractivity contribution < 1.29 is 28.0 Å². The second kappa shape index (κ2) is 6.53. The number of nitro groups is 1. The zero-order valence-corrected chi connectivity index (χ0v) is 12.3. The largest absolute Gasteiger partial charge is 0.490 e. The molecule has 21 heavy (non-hydrogen) atoms. The molecule has 0 aromatic heterocycles. The molecule has 0 fully saturated rings. The van der Waals surface area contributed by atoms with Crippen LogP contribution < -0.4 is 4.74 Å². The minimum atomic E-state index is -3.71. The van der Waals surface area contributed by atoms with E-state index in [9.17, 15) is 23.3 Å². The molecule has 116 valence electrons. The Morgan fingerprint density at radius 1 is 1.48 bits per heavy atom. The lowest BCUT2D eigenvalue weighted by Gasteiger charge is -2.11. The maximum atomic E-state index is 12.0. The normalized spacial score (nSPS) is 12.7. The molecule has 0 bridgehead atoms. The predicted molar refractivity (Wildman–Crippen MR) is 74.0 cm³/mol. The van der Waals surface area contributed by atoms with Crippen LogP contribution in [0.5, 0.6) is 5.75 Å². The number of benzene rings is 1. The van der Waals surface area contributed by atoms with Gasteiger partial charge in [-0.25, -0.2) is 8.42 Å². The van der Waals surface area contributed by atoms with Crippen molar-refractivity contribution in [2.24, 2.45) is 0 Å². The second-order valence-corrected chi connectivity index (χ2v) is 6.90. The van der Waals surface area contributed by atoms with E-state index in [1.807, 2.05) is 0 Å². The van der Waals surface area contributed by atoms with E-state index in [0.717, 1.165) is 6.07 Å². The first kappa shape index (κ1) is 16.9. The molecule has 1 atom stereocenters. The summed E-state index contributed by atoms with van der Waals surface area (Å²) >= 11 is 0. The van der Waals surface area contributed by atoms with Crippen LogP contribution in [0.2, 0.25) is 0 Å². The van der Waals surface area contributed by atoms with Crippen LogP contribution in [0.15, 0.2) is 18.2 Å². The van der Waals surface area contributed by atoms with E-state index in [2.05, 4.69) is 0 Å². The summed E-state index contributed by atoms with van der Waals surface area (Å²) in [7, 11) is -2.44. The highest BCUT2D eigenvalue weighted by atomic mass is 32.2. The molecule has 0 saturated heterocycles. The molecule has 0 amide bonds. The molecule has 0 aliphatic rings. The van der Waals surface area contributed by atoms with Crippen LogP contribution in [0.4, 0.5) is 5.69 Å². The Kier molecular flexibility index (Phi) is 5.25. The lowest BCUT2D eigenvalue weighted by atomic mass is 10.2. The topological polar surface area (TPSA) is 124 Å². The van der Waals surface area contributed by atoms with Crippen molar-refractivity contribution in [2.75, 3.05) is 7.11 Å². The molecule has 1 aromatic carbocycles. The average molecular weight is 317 g/mol. The number of ether oxygens (including phenoxy) is 1. The molecule has 0 radical (unpaired) electrons. The van der Waals surface area contributed by atoms with Crippen molar-refractivity contribution in [1.29, 1.82) is 0 Å². The number of aliphatic carboxylic acids is 1. The molecule has 8 nitrogen and oxygen atoms in total. The Hall–Kier alpha value is -2.16. The number of nitrogens with zero attached hydrogens (tertiary/aromatic N) is 1. The molecule has 0 aliphatic carbocycles. The molecular weight excluding hydrogens is 302 g/mol. The number of nitro benzene ring substituents is 1. The maximum absolute atomic E-state index is 12.0. The van der Waals surface area contributed by atoms with Crippen molar-refractivity contribution in [3.8, 4) is 5.75 Å². The summed E-state index contributed by atoms with van der Waals surface area (Å²) in [6.45, 7) is 1.29. The monoisotopic (exact) mass is 317 g/mol. The summed E-state index contributed by atoms with van der Waals surface area (Å²) in [5.41, 5.74) is -0.129. The van der Waals surface area contributed by atoms with E-state index in [1.54, 1.807) is 0 Å². The SMILES string of the molecule is COc1ccc(CS(=O)(=O)C(C)CC(=O)O)cc1[N+](=O)[O-]. The first-order valence-corrected chi connectivity index (χ1v) is 7.63. The number of hydrogen-bond acceptors (Lipinski definition) is 6.